The Labute approximate surface area is 200 Å². The molecule has 0 aliphatic carbocycles. The van der Waals surface area contributed by atoms with Crippen molar-refractivity contribution in [3.05, 3.63) is 80.8 Å². The van der Waals surface area contributed by atoms with Crippen LogP contribution in [0.25, 0.3) is 10.9 Å². The third-order valence-corrected chi connectivity index (χ3v) is 6.20. The molecule has 0 unspecified atom stereocenters. The highest BCUT2D eigenvalue weighted by Crippen LogP contribution is 2.31. The fourth-order valence-electron chi connectivity index (χ4n) is 3.57. The molecule has 2 amide bonds. The lowest BCUT2D eigenvalue weighted by molar-refractivity contribution is 0.207. The number of rotatable bonds is 8. The molecule has 0 fully saturated rings. The lowest BCUT2D eigenvalue weighted by Gasteiger charge is -2.23. The van der Waals surface area contributed by atoms with Gasteiger partial charge in [0.25, 0.3) is 5.56 Å². The van der Waals surface area contributed by atoms with E-state index in [0.717, 1.165) is 10.3 Å². The van der Waals surface area contributed by atoms with Crippen LogP contribution in [0.3, 0.4) is 0 Å². The van der Waals surface area contributed by atoms with Crippen LogP contribution in [0.1, 0.15) is 10.4 Å². The summed E-state index contributed by atoms with van der Waals surface area (Å²) in [6.07, 6.45) is 0. The molecule has 4 rings (SSSR count). The molecule has 2 aromatic carbocycles. The van der Waals surface area contributed by atoms with Gasteiger partial charge in [-0.15, -0.1) is 11.3 Å². The van der Waals surface area contributed by atoms with Crippen LogP contribution in [-0.2, 0) is 13.1 Å². The van der Waals surface area contributed by atoms with Gasteiger partial charge < -0.3 is 29.4 Å². The Hall–Kier alpha value is -3.98. The lowest BCUT2D eigenvalue weighted by atomic mass is 10.1. The maximum Gasteiger partial charge on any atom is 0.322 e. The molecular formula is C25H25N3O5S. The van der Waals surface area contributed by atoms with Gasteiger partial charge in [-0.3, -0.25) is 4.79 Å². The van der Waals surface area contributed by atoms with E-state index < -0.39 is 0 Å². The first kappa shape index (κ1) is 23.2. The second-order valence-electron chi connectivity index (χ2n) is 7.51. The van der Waals surface area contributed by atoms with Gasteiger partial charge in [0.1, 0.15) is 5.75 Å². The van der Waals surface area contributed by atoms with E-state index in [-0.39, 0.29) is 18.1 Å². The summed E-state index contributed by atoms with van der Waals surface area (Å²) < 4.78 is 15.9. The van der Waals surface area contributed by atoms with E-state index in [1.165, 1.54) is 0 Å². The number of H-pyrrole nitrogens is 1. The molecule has 0 aliphatic heterocycles. The first-order chi connectivity index (χ1) is 16.5. The number of carbonyl (C=O) groups is 1. The number of urea groups is 1. The molecule has 8 nitrogen and oxygen atoms in total. The molecule has 2 aromatic heterocycles. The van der Waals surface area contributed by atoms with Crippen LogP contribution in [0.5, 0.6) is 17.2 Å². The molecule has 9 heteroatoms. The molecule has 0 saturated heterocycles. The first-order valence-electron chi connectivity index (χ1n) is 10.5. The minimum atomic E-state index is -0.314. The molecule has 34 heavy (non-hydrogen) atoms. The number of amides is 2. The summed E-state index contributed by atoms with van der Waals surface area (Å²) >= 11 is 1.55. The molecule has 2 heterocycles. The Morgan fingerprint density at radius 3 is 2.35 bits per heavy atom. The van der Waals surface area contributed by atoms with Gasteiger partial charge >= 0.3 is 6.03 Å². The van der Waals surface area contributed by atoms with E-state index in [2.05, 4.69) is 10.3 Å². The fourth-order valence-corrected chi connectivity index (χ4v) is 4.29. The van der Waals surface area contributed by atoms with Crippen LogP contribution in [0.15, 0.2) is 64.8 Å². The van der Waals surface area contributed by atoms with Crippen molar-refractivity contribution in [2.24, 2.45) is 0 Å². The number of aromatic amines is 1. The maximum absolute atomic E-state index is 13.2. The van der Waals surface area contributed by atoms with Gasteiger partial charge in [0.05, 0.1) is 39.9 Å². The van der Waals surface area contributed by atoms with Crippen LogP contribution in [-0.4, -0.2) is 37.2 Å². The second-order valence-corrected chi connectivity index (χ2v) is 8.54. The van der Waals surface area contributed by atoms with E-state index in [1.54, 1.807) is 80.0 Å². The second kappa shape index (κ2) is 10.3. The number of hydrogen-bond donors (Lipinski definition) is 2. The number of aromatic nitrogens is 1. The third-order valence-electron chi connectivity index (χ3n) is 5.34. The Morgan fingerprint density at radius 1 is 0.971 bits per heavy atom. The van der Waals surface area contributed by atoms with Crippen LogP contribution >= 0.6 is 11.3 Å². The smallest absolute Gasteiger partial charge is 0.322 e. The number of benzene rings is 2. The maximum atomic E-state index is 13.2. The molecule has 0 radical (unpaired) electrons. The normalized spacial score (nSPS) is 10.7. The minimum absolute atomic E-state index is 0.125. The van der Waals surface area contributed by atoms with Gasteiger partial charge in [-0.25, -0.2) is 4.79 Å². The van der Waals surface area contributed by atoms with Gasteiger partial charge in [0.2, 0.25) is 0 Å². The highest BCUT2D eigenvalue weighted by Gasteiger charge is 2.18. The van der Waals surface area contributed by atoms with Crippen molar-refractivity contribution in [3.63, 3.8) is 0 Å². The molecule has 2 N–H and O–H groups in total. The zero-order valence-corrected chi connectivity index (χ0v) is 19.9. The topological polar surface area (TPSA) is 92.9 Å². The van der Waals surface area contributed by atoms with Gasteiger partial charge in [-0.05, 0) is 47.8 Å². The number of anilines is 1. The summed E-state index contributed by atoms with van der Waals surface area (Å²) in [6, 6.07) is 16.0. The van der Waals surface area contributed by atoms with Crippen LogP contribution in [0.2, 0.25) is 0 Å². The highest BCUT2D eigenvalue weighted by atomic mass is 32.1. The van der Waals surface area contributed by atoms with Crippen molar-refractivity contribution in [1.29, 1.82) is 0 Å². The fraction of sp³-hybridized carbons (Fsp3) is 0.200. The van der Waals surface area contributed by atoms with Gasteiger partial charge in [-0.2, -0.15) is 0 Å². The Morgan fingerprint density at radius 2 is 1.71 bits per heavy atom. The summed E-state index contributed by atoms with van der Waals surface area (Å²) in [5.74, 6) is 1.78. The highest BCUT2D eigenvalue weighted by molar-refractivity contribution is 7.09. The SMILES string of the molecule is COc1ccc(NC(=O)N(Cc2cccs2)Cc2cc3cc(OC)c(OC)cc3[nH]c2=O)cc1. The molecule has 0 spiro atoms. The van der Waals surface area contributed by atoms with Crippen molar-refractivity contribution in [2.75, 3.05) is 26.6 Å². The monoisotopic (exact) mass is 479 g/mol. The lowest BCUT2D eigenvalue weighted by Crippen LogP contribution is -2.35. The minimum Gasteiger partial charge on any atom is -0.497 e. The predicted octanol–water partition coefficient (Wildman–Crippen LogP) is 4.85. The summed E-state index contributed by atoms with van der Waals surface area (Å²) in [5, 5.41) is 5.64. The third kappa shape index (κ3) is 5.15. The van der Waals surface area contributed by atoms with E-state index in [9.17, 15) is 9.59 Å². The molecule has 0 atom stereocenters. The number of carbonyl (C=O) groups excluding carboxylic acids is 1. The first-order valence-corrected chi connectivity index (χ1v) is 11.4. The number of thiophene rings is 1. The number of nitrogens with zero attached hydrogens (tertiary/aromatic N) is 1. The van der Waals surface area contributed by atoms with Crippen LogP contribution < -0.4 is 25.1 Å². The average Bonchev–Trinajstić information content (AvgIpc) is 3.37. The zero-order chi connectivity index (χ0) is 24.1. The van der Waals surface area contributed by atoms with Crippen LogP contribution in [0.4, 0.5) is 10.5 Å². The predicted molar refractivity (Wildman–Crippen MR) is 133 cm³/mol. The summed E-state index contributed by atoms with van der Waals surface area (Å²) in [4.78, 5) is 31.6. The molecule has 0 bridgehead atoms. The summed E-state index contributed by atoms with van der Waals surface area (Å²) in [6.45, 7) is 0.489. The Bertz CT molecular complexity index is 1330. The Balaban J connectivity index is 1.64. The van der Waals surface area contributed by atoms with Crippen molar-refractivity contribution >= 4 is 34.0 Å². The van der Waals surface area contributed by atoms with Gasteiger partial charge in [0, 0.05) is 27.6 Å². The molecular weight excluding hydrogens is 454 g/mol. The van der Waals surface area contributed by atoms with Gasteiger partial charge in [0.15, 0.2) is 11.5 Å². The number of nitrogens with one attached hydrogen (secondary N) is 2. The average molecular weight is 480 g/mol. The number of fused-ring (bicyclic) bond motifs is 1. The van der Waals surface area contributed by atoms with Crippen molar-refractivity contribution < 1.29 is 19.0 Å². The number of ether oxygens (including phenoxy) is 3. The van der Waals surface area contributed by atoms with Crippen molar-refractivity contribution in [3.8, 4) is 17.2 Å². The molecule has 0 aliphatic rings. The number of hydrogen-bond acceptors (Lipinski definition) is 6. The van der Waals surface area contributed by atoms with E-state index >= 15 is 0 Å². The quantitative estimate of drug-likeness (QED) is 0.377. The van der Waals surface area contributed by atoms with E-state index in [1.807, 2.05) is 17.5 Å². The molecule has 176 valence electrons. The largest absolute Gasteiger partial charge is 0.497 e. The summed E-state index contributed by atoms with van der Waals surface area (Å²) in [7, 11) is 4.69. The van der Waals surface area contributed by atoms with E-state index in [4.69, 9.17) is 14.2 Å². The van der Waals surface area contributed by atoms with E-state index in [0.29, 0.717) is 40.6 Å². The van der Waals surface area contributed by atoms with Crippen molar-refractivity contribution in [2.45, 2.75) is 13.1 Å². The Kier molecular flexibility index (Phi) is 7.03. The number of pyridine rings is 1. The van der Waals surface area contributed by atoms with Gasteiger partial charge in [-0.1, -0.05) is 6.07 Å². The van der Waals surface area contributed by atoms with Crippen molar-refractivity contribution in [1.82, 2.24) is 9.88 Å². The standard InChI is InChI=1S/C25H25N3O5S/c1-31-19-8-6-18(7-9-19)26-25(30)28(15-20-5-4-10-34-20)14-17-11-16-12-22(32-2)23(33-3)13-21(16)27-24(17)29/h4-13H,14-15H2,1-3H3,(H,26,30)(H,27,29). The zero-order valence-electron chi connectivity index (χ0n) is 19.1. The number of methoxy groups -OCH3 is 3. The molecule has 4 aromatic rings. The van der Waals surface area contributed by atoms with Crippen LogP contribution in [0, 0.1) is 0 Å². The molecule has 0 saturated carbocycles. The summed E-state index contributed by atoms with van der Waals surface area (Å²) in [5.41, 5.74) is 1.44.